The predicted molar refractivity (Wildman–Crippen MR) is 61.0 cm³/mol. The van der Waals surface area contributed by atoms with E-state index in [1.807, 2.05) is 0 Å². The number of methoxy groups -OCH3 is 1. The Kier molecular flexibility index (Phi) is 3.06. The maximum absolute atomic E-state index is 11.7. The molecule has 17 heavy (non-hydrogen) atoms. The van der Waals surface area contributed by atoms with Gasteiger partial charge >= 0.3 is 11.4 Å². The zero-order valence-electron chi connectivity index (χ0n) is 8.92. The van der Waals surface area contributed by atoms with Gasteiger partial charge in [0.25, 0.3) is 0 Å². The lowest BCUT2D eigenvalue weighted by atomic mass is 10.3. The Morgan fingerprint density at radius 3 is 2.41 bits per heavy atom. The van der Waals surface area contributed by atoms with Gasteiger partial charge in [-0.2, -0.15) is 0 Å². The maximum atomic E-state index is 11.7. The summed E-state index contributed by atoms with van der Waals surface area (Å²) in [5.74, 6) is -0.151. The smallest absolute Gasteiger partial charge is 0.444 e. The summed E-state index contributed by atoms with van der Waals surface area (Å²) in [4.78, 5) is 22.9. The molecule has 90 valence electrons. The van der Waals surface area contributed by atoms with Crippen molar-refractivity contribution in [3.05, 3.63) is 45.3 Å². The zero-order valence-corrected chi connectivity index (χ0v) is 9.68. The number of hydrogen-bond acceptors (Lipinski definition) is 4. The van der Waals surface area contributed by atoms with Crippen molar-refractivity contribution in [3.8, 4) is 11.4 Å². The van der Waals surface area contributed by atoms with Crippen LogP contribution in [0.5, 0.6) is 5.75 Å². The minimum absolute atomic E-state index is 0.246. The topological polar surface area (TPSA) is 66.4 Å². The van der Waals surface area contributed by atoms with Crippen LogP contribution in [0.2, 0.25) is 0 Å². The molecule has 1 aromatic carbocycles. The van der Waals surface area contributed by atoms with Crippen LogP contribution in [0.25, 0.3) is 5.69 Å². The monoisotopic (exact) mass is 256 g/mol. The van der Waals surface area contributed by atoms with E-state index in [9.17, 15) is 9.59 Å². The van der Waals surface area contributed by atoms with Gasteiger partial charge in [0.2, 0.25) is 0 Å². The summed E-state index contributed by atoms with van der Waals surface area (Å²) >= 11 is 5.46. The van der Waals surface area contributed by atoms with Crippen molar-refractivity contribution in [3.63, 3.8) is 0 Å². The number of rotatable bonds is 3. The standard InChI is InChI=1S/C10H9ClN2O4/c1-16-8-4-2-7(3-5-8)13-9(14)12(6-11)10(15)17-13/h2-5H,6H2,1H3. The molecule has 1 heterocycles. The van der Waals surface area contributed by atoms with E-state index in [2.05, 4.69) is 0 Å². The average molecular weight is 257 g/mol. The van der Waals surface area contributed by atoms with E-state index >= 15 is 0 Å². The SMILES string of the molecule is COc1ccc(-n2oc(=O)n(CCl)c2=O)cc1. The Morgan fingerprint density at radius 1 is 1.29 bits per heavy atom. The van der Waals surface area contributed by atoms with E-state index in [4.69, 9.17) is 20.9 Å². The first kappa shape index (κ1) is 11.5. The Morgan fingerprint density at radius 2 is 1.94 bits per heavy atom. The summed E-state index contributed by atoms with van der Waals surface area (Å²) in [6.07, 6.45) is 0. The highest BCUT2D eigenvalue weighted by molar-refractivity contribution is 6.15. The number of aromatic nitrogens is 2. The van der Waals surface area contributed by atoms with Crippen molar-refractivity contribution < 1.29 is 9.26 Å². The van der Waals surface area contributed by atoms with E-state index in [1.54, 1.807) is 24.3 Å². The number of benzene rings is 1. The highest BCUT2D eigenvalue weighted by Crippen LogP contribution is 2.12. The van der Waals surface area contributed by atoms with Crippen molar-refractivity contribution in [2.45, 2.75) is 6.00 Å². The van der Waals surface area contributed by atoms with Crippen LogP contribution in [0, 0.1) is 0 Å². The van der Waals surface area contributed by atoms with Gasteiger partial charge < -0.3 is 9.26 Å². The van der Waals surface area contributed by atoms with E-state index < -0.39 is 11.4 Å². The first-order chi connectivity index (χ1) is 8.17. The Balaban J connectivity index is 2.53. The fraction of sp³-hybridized carbons (Fsp3) is 0.200. The Hall–Kier alpha value is -1.95. The molecule has 0 aliphatic carbocycles. The minimum Gasteiger partial charge on any atom is -0.497 e. The van der Waals surface area contributed by atoms with Crippen LogP contribution < -0.4 is 16.2 Å². The van der Waals surface area contributed by atoms with E-state index in [1.165, 1.54) is 7.11 Å². The molecule has 0 N–H and O–H groups in total. The van der Waals surface area contributed by atoms with Crippen molar-refractivity contribution >= 4 is 11.6 Å². The van der Waals surface area contributed by atoms with E-state index in [0.717, 1.165) is 9.31 Å². The molecule has 0 radical (unpaired) electrons. The molecule has 0 aliphatic rings. The summed E-state index contributed by atoms with van der Waals surface area (Å²) in [5.41, 5.74) is -0.188. The second kappa shape index (κ2) is 4.50. The molecule has 0 unspecified atom stereocenters. The normalized spacial score (nSPS) is 10.5. The van der Waals surface area contributed by atoms with Crippen LogP contribution >= 0.6 is 11.6 Å². The van der Waals surface area contributed by atoms with E-state index in [-0.39, 0.29) is 6.00 Å². The largest absolute Gasteiger partial charge is 0.497 e. The van der Waals surface area contributed by atoms with Crippen LogP contribution in [0.4, 0.5) is 0 Å². The molecule has 6 nitrogen and oxygen atoms in total. The molecule has 0 fully saturated rings. The molecule has 0 aliphatic heterocycles. The number of hydrogen-bond donors (Lipinski definition) is 0. The van der Waals surface area contributed by atoms with Crippen LogP contribution in [0.1, 0.15) is 0 Å². The number of ether oxygens (including phenoxy) is 1. The first-order valence-corrected chi connectivity index (χ1v) is 5.24. The third-order valence-corrected chi connectivity index (χ3v) is 2.46. The predicted octanol–water partition coefficient (Wildman–Crippen LogP) is 0.797. The van der Waals surface area contributed by atoms with Crippen molar-refractivity contribution in [1.29, 1.82) is 0 Å². The molecule has 0 saturated heterocycles. The molecular formula is C10H9ClN2O4. The molecule has 7 heteroatoms. The molecule has 2 aromatic rings. The van der Waals surface area contributed by atoms with Gasteiger partial charge in [-0.05, 0) is 24.3 Å². The van der Waals surface area contributed by atoms with Crippen molar-refractivity contribution in [2.75, 3.05) is 7.11 Å². The maximum Gasteiger partial charge on any atom is 0.444 e. The van der Waals surface area contributed by atoms with Gasteiger partial charge in [-0.15, -0.1) is 16.3 Å². The summed E-state index contributed by atoms with van der Waals surface area (Å²) in [6.45, 7) is 0. The summed E-state index contributed by atoms with van der Waals surface area (Å²) < 4.78 is 11.4. The lowest BCUT2D eigenvalue weighted by Gasteiger charge is -2.00. The fourth-order valence-corrected chi connectivity index (χ4v) is 1.53. The summed E-state index contributed by atoms with van der Waals surface area (Å²) in [5, 5.41) is 0. The first-order valence-electron chi connectivity index (χ1n) is 4.71. The number of nitrogens with zero attached hydrogens (tertiary/aromatic N) is 2. The highest BCUT2D eigenvalue weighted by Gasteiger charge is 2.11. The Bertz CT molecular complexity index is 623. The molecule has 0 spiro atoms. The quantitative estimate of drug-likeness (QED) is 0.762. The van der Waals surface area contributed by atoms with Gasteiger partial charge in [-0.1, -0.05) is 0 Å². The molecule has 2 rings (SSSR count). The minimum atomic E-state index is -0.791. The molecule has 0 bridgehead atoms. The van der Waals surface area contributed by atoms with E-state index in [0.29, 0.717) is 11.4 Å². The summed E-state index contributed by atoms with van der Waals surface area (Å²) in [6, 6.07) is 6.26. The van der Waals surface area contributed by atoms with Gasteiger partial charge in [0.1, 0.15) is 11.8 Å². The number of halogens is 1. The molecule has 0 atom stereocenters. The third kappa shape index (κ3) is 1.99. The number of alkyl halides is 1. The van der Waals surface area contributed by atoms with Crippen molar-refractivity contribution in [2.24, 2.45) is 0 Å². The molecule has 1 aromatic heterocycles. The Labute approximate surface area is 101 Å². The van der Waals surface area contributed by atoms with Crippen molar-refractivity contribution in [1.82, 2.24) is 9.31 Å². The molecular weight excluding hydrogens is 248 g/mol. The van der Waals surface area contributed by atoms with Crippen LogP contribution in [-0.2, 0) is 6.00 Å². The van der Waals surface area contributed by atoms with Gasteiger partial charge in [-0.3, -0.25) is 0 Å². The van der Waals surface area contributed by atoms with Crippen LogP contribution in [-0.4, -0.2) is 16.4 Å². The second-order valence-electron chi connectivity index (χ2n) is 3.18. The average Bonchev–Trinajstić information content (AvgIpc) is 2.64. The van der Waals surface area contributed by atoms with Gasteiger partial charge in [0.05, 0.1) is 12.8 Å². The molecule has 0 amide bonds. The third-order valence-electron chi connectivity index (χ3n) is 2.22. The fourth-order valence-electron chi connectivity index (χ4n) is 1.33. The van der Waals surface area contributed by atoms with Crippen LogP contribution in [0.3, 0.4) is 0 Å². The van der Waals surface area contributed by atoms with Gasteiger partial charge in [-0.25, -0.2) is 14.2 Å². The highest BCUT2D eigenvalue weighted by atomic mass is 35.5. The van der Waals surface area contributed by atoms with Crippen LogP contribution in [0.15, 0.2) is 38.4 Å². The second-order valence-corrected chi connectivity index (χ2v) is 3.42. The zero-order chi connectivity index (χ0) is 12.4. The summed E-state index contributed by atoms with van der Waals surface area (Å²) in [7, 11) is 1.53. The van der Waals surface area contributed by atoms with Gasteiger partial charge in [0, 0.05) is 0 Å². The lowest BCUT2D eigenvalue weighted by Crippen LogP contribution is -2.26. The lowest BCUT2D eigenvalue weighted by molar-refractivity contribution is 0.312. The molecule has 0 saturated carbocycles. The van der Waals surface area contributed by atoms with Gasteiger partial charge in [0.15, 0.2) is 0 Å².